The average Bonchev–Trinajstić information content (AvgIpc) is 2.11. The van der Waals surface area contributed by atoms with Crippen LogP contribution in [0.5, 0.6) is 11.5 Å². The molecule has 6 N–H and O–H groups in total. The number of thiazole rings is 2. The molecular weight excluding hydrogens is 1170 g/mol. The molecule has 0 atom stereocenters. The van der Waals surface area contributed by atoms with Crippen LogP contribution in [0, 0.1) is 13.8 Å². The molecule has 0 spiro atoms. The van der Waals surface area contributed by atoms with E-state index in [0.29, 0.717) is 125 Å². The Kier molecular flexibility index (Phi) is 18.9. The number of aliphatic hydroxyl groups is 2. The van der Waals surface area contributed by atoms with Crippen LogP contribution in [0.4, 0.5) is 63.3 Å². The minimum atomic E-state index is -4.50. The standard InChI is InChI=1S/C57H62N14O10S4/c1-9-69(10-2)45-29-41(43(31-47(45)80-7)67-65-37-19-15-35(16-20-37)53-58-39-23-13-33(5)51(49(39)82-53)84(74,75)76)60-55-62-56(64-57(63-55)71(25-27-72)26-28-73)61-42-30-46(70(11-3)12-4)48(81-8)32-44(42)68-66-38-21-17-36(18-22-38)54-59-40-24-14-34(6)52(50(40)83-54)85(77,78)79/h13-24,29-32,72-73H,9-12,25-28H2,1-8H3,(H,74,75,76)(H,77,78,79)(H2,60,61,62,63,64)/b67-65+,68-66+. The molecule has 0 fully saturated rings. The molecule has 9 aromatic rings. The maximum atomic E-state index is 12.3. The van der Waals surface area contributed by atoms with Gasteiger partial charge in [-0.1, -0.05) is 12.1 Å². The van der Waals surface area contributed by atoms with Crippen molar-refractivity contribution >= 4 is 127 Å². The number of aryl methyl sites for hydroxylation is 2. The monoisotopic (exact) mass is 1230 g/mol. The van der Waals surface area contributed by atoms with Gasteiger partial charge in [0.2, 0.25) is 17.8 Å². The van der Waals surface area contributed by atoms with Crippen LogP contribution in [0.15, 0.2) is 127 Å². The molecule has 0 aliphatic heterocycles. The van der Waals surface area contributed by atoms with Crippen LogP contribution in [-0.2, 0) is 20.2 Å². The Bertz CT molecular complexity index is 3930. The zero-order valence-electron chi connectivity index (χ0n) is 47.6. The third-order valence-electron chi connectivity index (χ3n) is 13.7. The summed E-state index contributed by atoms with van der Waals surface area (Å²) in [7, 11) is -5.87. The van der Waals surface area contributed by atoms with Crippen molar-refractivity contribution in [3.63, 3.8) is 0 Å². The molecule has 0 aliphatic carbocycles. The highest BCUT2D eigenvalue weighted by Crippen LogP contribution is 2.44. The Labute approximate surface area is 499 Å². The number of nitrogens with zero attached hydrogens (tertiary/aromatic N) is 12. The number of azo groups is 2. The number of benzene rings is 6. The van der Waals surface area contributed by atoms with Crippen LogP contribution in [0.3, 0.4) is 0 Å². The molecule has 0 aliphatic rings. The normalized spacial score (nSPS) is 12.0. The first-order valence-electron chi connectivity index (χ1n) is 26.8. The first kappa shape index (κ1) is 61.2. The van der Waals surface area contributed by atoms with Gasteiger partial charge in [-0.3, -0.25) is 9.11 Å². The molecule has 24 nitrogen and oxygen atoms in total. The van der Waals surface area contributed by atoms with Crippen LogP contribution in [0.2, 0.25) is 0 Å². The van der Waals surface area contributed by atoms with E-state index in [4.69, 9.17) is 34.7 Å². The van der Waals surface area contributed by atoms with Crippen molar-refractivity contribution in [3.8, 4) is 32.6 Å². The molecule has 6 aromatic carbocycles. The van der Waals surface area contributed by atoms with Gasteiger partial charge in [0.1, 0.15) is 42.7 Å². The second-order valence-electron chi connectivity index (χ2n) is 19.0. The summed E-state index contributed by atoms with van der Waals surface area (Å²) in [4.78, 5) is 29.3. The number of nitrogens with one attached hydrogen (secondary N) is 2. The topological polar surface area (TPSA) is 315 Å². The fraction of sp³-hybridized carbons (Fsp3) is 0.281. The predicted molar refractivity (Wildman–Crippen MR) is 333 cm³/mol. The third kappa shape index (κ3) is 13.6. The van der Waals surface area contributed by atoms with Crippen LogP contribution < -0.4 is 34.8 Å². The van der Waals surface area contributed by atoms with Crippen LogP contribution in [0.25, 0.3) is 41.6 Å². The summed E-state index contributed by atoms with van der Waals surface area (Å²) in [5.74, 6) is 1.24. The van der Waals surface area contributed by atoms with E-state index in [0.717, 1.165) is 34.0 Å². The van der Waals surface area contributed by atoms with E-state index in [1.807, 2.05) is 39.8 Å². The molecular formula is C57H62N14O10S4. The molecule has 0 radical (unpaired) electrons. The van der Waals surface area contributed by atoms with Crippen molar-refractivity contribution in [1.29, 1.82) is 0 Å². The molecule has 9 rings (SSSR count). The fourth-order valence-corrected chi connectivity index (χ4v) is 14.1. The number of ether oxygens (including phenoxy) is 2. The zero-order valence-corrected chi connectivity index (χ0v) is 50.9. The second kappa shape index (κ2) is 26.3. The minimum Gasteiger partial charge on any atom is -0.494 e. The molecule has 3 heterocycles. The molecule has 28 heteroatoms. The van der Waals surface area contributed by atoms with Crippen LogP contribution in [-0.4, -0.2) is 128 Å². The summed E-state index contributed by atoms with van der Waals surface area (Å²) in [5, 5.41) is 46.8. The van der Waals surface area contributed by atoms with E-state index in [-0.39, 0.29) is 53.9 Å². The lowest BCUT2D eigenvalue weighted by Gasteiger charge is -2.25. The van der Waals surface area contributed by atoms with Crippen LogP contribution >= 0.6 is 22.7 Å². The first-order valence-corrected chi connectivity index (χ1v) is 31.3. The van der Waals surface area contributed by atoms with Gasteiger partial charge in [-0.05, 0) is 125 Å². The number of methoxy groups -OCH3 is 2. The third-order valence-corrected chi connectivity index (χ3v) is 18.3. The van der Waals surface area contributed by atoms with Gasteiger partial charge in [0.15, 0.2) is 0 Å². The molecule has 444 valence electrons. The van der Waals surface area contributed by atoms with Gasteiger partial charge in [0.05, 0.1) is 82.0 Å². The summed E-state index contributed by atoms with van der Waals surface area (Å²) in [6.07, 6.45) is 0. The van der Waals surface area contributed by atoms with Gasteiger partial charge >= 0.3 is 0 Å². The van der Waals surface area contributed by atoms with Crippen molar-refractivity contribution in [2.75, 3.05) is 92.0 Å². The second-order valence-corrected chi connectivity index (χ2v) is 23.7. The minimum absolute atomic E-state index is 0.0474. The quantitative estimate of drug-likeness (QED) is 0.0229. The van der Waals surface area contributed by atoms with Gasteiger partial charge in [0.25, 0.3) is 20.2 Å². The Morgan fingerprint density at radius 3 is 1.25 bits per heavy atom. The molecule has 0 bridgehead atoms. The number of anilines is 7. The highest BCUT2D eigenvalue weighted by Gasteiger charge is 2.25. The van der Waals surface area contributed by atoms with E-state index in [1.54, 1.807) is 118 Å². The van der Waals surface area contributed by atoms with E-state index in [9.17, 15) is 36.2 Å². The molecule has 0 saturated heterocycles. The maximum absolute atomic E-state index is 12.3. The summed E-state index contributed by atoms with van der Waals surface area (Å²) >= 11 is 2.31. The largest absolute Gasteiger partial charge is 0.494 e. The lowest BCUT2D eigenvalue weighted by Crippen LogP contribution is -2.31. The smallest absolute Gasteiger partial charge is 0.296 e. The van der Waals surface area contributed by atoms with Crippen LogP contribution in [0.1, 0.15) is 38.8 Å². The summed E-state index contributed by atoms with van der Waals surface area (Å²) < 4.78 is 81.8. The van der Waals surface area contributed by atoms with Crippen molar-refractivity contribution in [1.82, 2.24) is 24.9 Å². The van der Waals surface area contributed by atoms with Crippen molar-refractivity contribution in [2.24, 2.45) is 20.5 Å². The number of fused-ring (bicyclic) bond motifs is 2. The zero-order chi connectivity index (χ0) is 60.7. The van der Waals surface area contributed by atoms with E-state index < -0.39 is 20.2 Å². The molecule has 0 amide bonds. The van der Waals surface area contributed by atoms with Crippen molar-refractivity contribution < 1.29 is 45.6 Å². The summed E-state index contributed by atoms with van der Waals surface area (Å²) in [6.45, 7) is 13.5. The molecule has 3 aromatic heterocycles. The molecule has 0 saturated carbocycles. The molecule has 0 unspecified atom stereocenters. The number of aliphatic hydroxyl groups excluding tert-OH is 2. The summed E-state index contributed by atoms with van der Waals surface area (Å²) in [6, 6.07) is 28.0. The van der Waals surface area contributed by atoms with E-state index in [1.165, 1.54) is 0 Å². The number of aromatic nitrogens is 5. The van der Waals surface area contributed by atoms with E-state index >= 15 is 0 Å². The Morgan fingerprint density at radius 1 is 0.518 bits per heavy atom. The van der Waals surface area contributed by atoms with Gasteiger partial charge in [-0.2, -0.15) is 42.0 Å². The van der Waals surface area contributed by atoms with Gasteiger partial charge in [-0.25, -0.2) is 9.97 Å². The number of hydrogen-bond acceptors (Lipinski definition) is 24. The highest BCUT2D eigenvalue weighted by atomic mass is 32.2. The fourth-order valence-electron chi connectivity index (χ4n) is 9.43. The number of rotatable bonds is 25. The van der Waals surface area contributed by atoms with Crippen molar-refractivity contribution in [2.45, 2.75) is 51.3 Å². The Hall–Kier alpha value is -8.35. The average molecular weight is 1230 g/mol. The Balaban J connectivity index is 1.09. The first-order chi connectivity index (χ1) is 40.8. The highest BCUT2D eigenvalue weighted by molar-refractivity contribution is 7.86. The van der Waals surface area contributed by atoms with Gasteiger partial charge in [0, 0.05) is 62.5 Å². The summed E-state index contributed by atoms with van der Waals surface area (Å²) in [5.41, 5.74) is 7.04. The number of hydrogen-bond donors (Lipinski definition) is 6. The van der Waals surface area contributed by atoms with Gasteiger partial charge in [-0.15, -0.1) is 32.9 Å². The predicted octanol–water partition coefficient (Wildman–Crippen LogP) is 12.4. The van der Waals surface area contributed by atoms with Crippen molar-refractivity contribution in [3.05, 3.63) is 108 Å². The lowest BCUT2D eigenvalue weighted by atomic mass is 10.2. The SMILES string of the molecule is CCN(CC)c1cc(Nc2nc(Nc3cc(N(CC)CC)c(OC)cc3/N=N/c3ccc(-c4nc5ccc(C)c(S(=O)(=O)O)c5s4)cc3)nc(N(CCO)CCO)n2)c(/N=N/c2ccc(-c3nc4ccc(C)c(S(=O)(=O)O)c4s3)cc2)cc1OC. The maximum Gasteiger partial charge on any atom is 0.296 e. The van der Waals surface area contributed by atoms with Gasteiger partial charge < -0.3 is 45.0 Å². The Morgan fingerprint density at radius 2 is 0.906 bits per heavy atom. The molecule has 85 heavy (non-hydrogen) atoms. The van der Waals surface area contributed by atoms with E-state index in [2.05, 4.69) is 40.6 Å². The lowest BCUT2D eigenvalue weighted by molar-refractivity contribution is 0.280.